The SMILES string of the molecule is CCCCCCCCCCCCCCCCCCNOCC(C)C.O=[N+]([O-])O. The van der Waals surface area contributed by atoms with Crippen LogP contribution in [-0.2, 0) is 4.84 Å². The third-order valence-electron chi connectivity index (χ3n) is 4.65. The summed E-state index contributed by atoms with van der Waals surface area (Å²) in [6.45, 7) is 8.47. The maximum Gasteiger partial charge on any atom is 0.291 e. The van der Waals surface area contributed by atoms with E-state index in [2.05, 4.69) is 26.3 Å². The molecule has 0 rings (SSSR count). The molecule has 0 spiro atoms. The third kappa shape index (κ3) is 36.1. The van der Waals surface area contributed by atoms with Crippen LogP contribution in [0.1, 0.15) is 124 Å². The van der Waals surface area contributed by atoms with Crippen molar-refractivity contribution in [3.8, 4) is 0 Å². The highest BCUT2D eigenvalue weighted by atomic mass is 16.9. The van der Waals surface area contributed by atoms with Gasteiger partial charge in [-0.1, -0.05) is 117 Å². The quantitative estimate of drug-likeness (QED) is 0.129. The van der Waals surface area contributed by atoms with Crippen LogP contribution in [0.4, 0.5) is 0 Å². The number of rotatable bonds is 20. The first-order chi connectivity index (χ1) is 13.5. The van der Waals surface area contributed by atoms with Gasteiger partial charge in [0.1, 0.15) is 0 Å². The molecule has 6 heteroatoms. The zero-order chi connectivity index (χ0) is 21.3. The van der Waals surface area contributed by atoms with E-state index >= 15 is 0 Å². The molecule has 170 valence electrons. The third-order valence-corrected chi connectivity index (χ3v) is 4.65. The minimum absolute atomic E-state index is 0.614. The van der Waals surface area contributed by atoms with Gasteiger partial charge in [0.05, 0.1) is 6.61 Å². The number of unbranched alkanes of at least 4 members (excludes halogenated alkanes) is 15. The second-order valence-corrected chi connectivity index (χ2v) is 8.14. The Morgan fingerprint density at radius 2 is 1.11 bits per heavy atom. The predicted molar refractivity (Wildman–Crippen MR) is 117 cm³/mol. The Balaban J connectivity index is 0. The number of hydroxylamine groups is 1. The van der Waals surface area contributed by atoms with Crippen molar-refractivity contribution in [1.82, 2.24) is 5.48 Å². The van der Waals surface area contributed by atoms with Crippen molar-refractivity contribution in [2.75, 3.05) is 13.2 Å². The average Bonchev–Trinajstić information content (AvgIpc) is 2.63. The monoisotopic (exact) mass is 404 g/mol. The molecule has 0 aromatic rings. The van der Waals surface area contributed by atoms with Gasteiger partial charge < -0.3 is 10.0 Å². The van der Waals surface area contributed by atoms with E-state index in [1.807, 2.05) is 0 Å². The van der Waals surface area contributed by atoms with E-state index in [1.165, 1.54) is 103 Å². The summed E-state index contributed by atoms with van der Waals surface area (Å²) in [7, 11) is 0. The molecule has 0 aliphatic rings. The topological polar surface area (TPSA) is 84.6 Å². The van der Waals surface area contributed by atoms with Gasteiger partial charge in [-0.25, -0.2) is 5.48 Å². The van der Waals surface area contributed by atoms with Gasteiger partial charge in [0.25, 0.3) is 5.09 Å². The van der Waals surface area contributed by atoms with E-state index < -0.39 is 5.09 Å². The summed E-state index contributed by atoms with van der Waals surface area (Å²) in [6, 6.07) is 0. The fourth-order valence-electron chi connectivity index (χ4n) is 3.04. The molecule has 0 heterocycles. The van der Waals surface area contributed by atoms with Crippen LogP contribution in [0.25, 0.3) is 0 Å². The Kier molecular flexibility index (Phi) is 27.4. The lowest BCUT2D eigenvalue weighted by molar-refractivity contribution is -0.742. The molecule has 0 unspecified atom stereocenters. The van der Waals surface area contributed by atoms with Crippen LogP contribution >= 0.6 is 0 Å². The molecule has 2 N–H and O–H groups in total. The highest BCUT2D eigenvalue weighted by molar-refractivity contribution is 4.50. The molecule has 0 fully saturated rings. The molecule has 0 aliphatic carbocycles. The van der Waals surface area contributed by atoms with E-state index in [-0.39, 0.29) is 0 Å². The molecule has 0 amide bonds. The number of nitrogens with one attached hydrogen (secondary N) is 1. The van der Waals surface area contributed by atoms with E-state index in [4.69, 9.17) is 20.2 Å². The molecular formula is C22H48N2O4. The van der Waals surface area contributed by atoms with Gasteiger partial charge in [0, 0.05) is 6.54 Å². The predicted octanol–water partition coefficient (Wildman–Crippen LogP) is 7.08. The van der Waals surface area contributed by atoms with E-state index in [0.717, 1.165) is 13.2 Å². The lowest BCUT2D eigenvalue weighted by atomic mass is 10.0. The van der Waals surface area contributed by atoms with Crippen LogP contribution in [0, 0.1) is 16.0 Å². The molecule has 28 heavy (non-hydrogen) atoms. The molecule has 0 bridgehead atoms. The van der Waals surface area contributed by atoms with Crippen molar-refractivity contribution in [1.29, 1.82) is 0 Å². The smallest absolute Gasteiger partial charge is 0.291 e. The van der Waals surface area contributed by atoms with Crippen LogP contribution < -0.4 is 5.48 Å². The minimum Gasteiger partial charge on any atom is -0.328 e. The first-order valence-electron chi connectivity index (χ1n) is 11.7. The number of nitrogens with zero attached hydrogens (tertiary/aromatic N) is 1. The van der Waals surface area contributed by atoms with Crippen molar-refractivity contribution in [3.63, 3.8) is 0 Å². The van der Waals surface area contributed by atoms with E-state index in [0.29, 0.717) is 5.92 Å². The average molecular weight is 405 g/mol. The summed E-state index contributed by atoms with van der Waals surface area (Å²) >= 11 is 0. The molecule has 0 radical (unpaired) electrons. The van der Waals surface area contributed by atoms with Crippen LogP contribution in [-0.4, -0.2) is 23.4 Å². The first kappa shape index (κ1) is 29.3. The summed E-state index contributed by atoms with van der Waals surface area (Å²) in [4.78, 5) is 13.7. The second-order valence-electron chi connectivity index (χ2n) is 8.14. The van der Waals surface area contributed by atoms with Gasteiger partial charge >= 0.3 is 0 Å². The van der Waals surface area contributed by atoms with Gasteiger partial charge in [0.2, 0.25) is 0 Å². The fourth-order valence-corrected chi connectivity index (χ4v) is 3.04. The number of hydrogen-bond acceptors (Lipinski definition) is 4. The zero-order valence-electron chi connectivity index (χ0n) is 18.9. The lowest BCUT2D eigenvalue weighted by Gasteiger charge is -2.07. The first-order valence-corrected chi connectivity index (χ1v) is 11.7. The van der Waals surface area contributed by atoms with Crippen LogP contribution in [0.2, 0.25) is 0 Å². The van der Waals surface area contributed by atoms with Crippen molar-refractivity contribution in [3.05, 3.63) is 10.1 Å². The summed E-state index contributed by atoms with van der Waals surface area (Å²) in [5.74, 6) is 0.614. The molecule has 0 aromatic heterocycles. The van der Waals surface area contributed by atoms with Crippen molar-refractivity contribution in [2.24, 2.45) is 5.92 Å². The molecule has 0 atom stereocenters. The van der Waals surface area contributed by atoms with Crippen LogP contribution in [0.3, 0.4) is 0 Å². The summed E-state index contributed by atoms with van der Waals surface area (Å²) < 4.78 is 0. The van der Waals surface area contributed by atoms with Crippen LogP contribution in [0.5, 0.6) is 0 Å². The zero-order valence-corrected chi connectivity index (χ0v) is 18.9. The fraction of sp³-hybridized carbons (Fsp3) is 1.00. The normalized spacial score (nSPS) is 10.7. The maximum atomic E-state index is 8.36. The largest absolute Gasteiger partial charge is 0.328 e. The molecular weight excluding hydrogens is 356 g/mol. The minimum atomic E-state index is -1.50. The Bertz CT molecular complexity index is 298. The Morgan fingerprint density at radius 3 is 1.43 bits per heavy atom. The maximum absolute atomic E-state index is 8.36. The lowest BCUT2D eigenvalue weighted by Crippen LogP contribution is -2.18. The molecule has 0 aromatic carbocycles. The summed E-state index contributed by atoms with van der Waals surface area (Å²) in [5, 5.41) is 13.6. The summed E-state index contributed by atoms with van der Waals surface area (Å²) in [5.41, 5.74) is 3.07. The van der Waals surface area contributed by atoms with Gasteiger partial charge in [-0.3, -0.25) is 0 Å². The molecule has 6 nitrogen and oxygen atoms in total. The van der Waals surface area contributed by atoms with Gasteiger partial charge in [-0.2, -0.15) is 0 Å². The van der Waals surface area contributed by atoms with E-state index in [1.54, 1.807) is 0 Å². The van der Waals surface area contributed by atoms with Crippen LogP contribution in [0.15, 0.2) is 0 Å². The Morgan fingerprint density at radius 1 is 0.786 bits per heavy atom. The van der Waals surface area contributed by atoms with Gasteiger partial charge in [0.15, 0.2) is 0 Å². The Hall–Kier alpha value is -0.880. The van der Waals surface area contributed by atoms with Crippen molar-refractivity contribution in [2.45, 2.75) is 124 Å². The highest BCUT2D eigenvalue weighted by Gasteiger charge is 1.95. The number of hydrogen-bond donors (Lipinski definition) is 2. The summed E-state index contributed by atoms with van der Waals surface area (Å²) in [6.07, 6.45) is 22.8. The molecule has 0 saturated heterocycles. The van der Waals surface area contributed by atoms with Gasteiger partial charge in [-0.05, 0) is 12.3 Å². The molecule has 0 saturated carbocycles. The molecule has 0 aliphatic heterocycles. The van der Waals surface area contributed by atoms with E-state index in [9.17, 15) is 0 Å². The van der Waals surface area contributed by atoms with Gasteiger partial charge in [-0.15, -0.1) is 10.1 Å². The standard InChI is InChI=1S/C22H47NO.HNO3/c1-4-5-6-7-8-9-10-11-12-13-14-15-16-17-18-19-20-23-24-21-22(2)3;2-1(3)4/h22-23H,4-21H2,1-3H3;(H,2,3,4). The Labute approximate surface area is 173 Å². The van der Waals surface area contributed by atoms with Crippen molar-refractivity contribution >= 4 is 0 Å². The highest BCUT2D eigenvalue weighted by Crippen LogP contribution is 2.13. The van der Waals surface area contributed by atoms with Crippen molar-refractivity contribution < 1.29 is 15.1 Å². The second kappa shape index (κ2) is 26.1.